The molecule has 1 saturated carbocycles. The van der Waals surface area contributed by atoms with E-state index in [9.17, 15) is 8.42 Å². The van der Waals surface area contributed by atoms with Gasteiger partial charge in [0.1, 0.15) is 0 Å². The number of nitrogens with one attached hydrogen (secondary N) is 1. The topological polar surface area (TPSA) is 46.2 Å². The molecule has 0 heterocycles. The van der Waals surface area contributed by atoms with Crippen LogP contribution in [0, 0.1) is 5.92 Å². The summed E-state index contributed by atoms with van der Waals surface area (Å²) in [5.74, 6) is 0.452. The van der Waals surface area contributed by atoms with Crippen LogP contribution in [-0.2, 0) is 10.0 Å². The molecule has 1 unspecified atom stereocenters. The minimum atomic E-state index is -3.07. The molecule has 0 aromatic heterocycles. The normalized spacial score (nSPS) is 20.4. The highest BCUT2D eigenvalue weighted by Crippen LogP contribution is 2.23. The van der Waals surface area contributed by atoms with Crippen molar-refractivity contribution in [1.82, 2.24) is 4.72 Å². The first-order valence-electron chi connectivity index (χ1n) is 6.64. The summed E-state index contributed by atoms with van der Waals surface area (Å²) in [5, 5.41) is 0.800. The fraction of sp³-hybridized carbons (Fsp3) is 1.00. The second-order valence-corrected chi connectivity index (χ2v) is 7.74. The largest absolute Gasteiger partial charge is 0.215 e. The zero-order valence-corrected chi connectivity index (χ0v) is 13.0. The third-order valence-corrected chi connectivity index (χ3v) is 6.03. The van der Waals surface area contributed by atoms with Crippen molar-refractivity contribution in [2.24, 2.45) is 5.92 Å². The quantitative estimate of drug-likeness (QED) is 0.731. The van der Waals surface area contributed by atoms with Crippen LogP contribution in [0.1, 0.15) is 51.9 Å². The lowest BCUT2D eigenvalue weighted by Gasteiger charge is -2.23. The Morgan fingerprint density at radius 1 is 1.29 bits per heavy atom. The summed E-state index contributed by atoms with van der Waals surface area (Å²) < 4.78 is 27.0. The maximum absolute atomic E-state index is 12.1. The Morgan fingerprint density at radius 2 is 1.94 bits per heavy atom. The highest BCUT2D eigenvalue weighted by atomic mass is 79.9. The summed E-state index contributed by atoms with van der Waals surface area (Å²) in [6.45, 7) is 2.71. The third-order valence-electron chi connectivity index (χ3n) is 3.66. The number of rotatable bonds is 7. The fourth-order valence-corrected chi connectivity index (χ4v) is 4.64. The maximum Gasteiger partial charge on any atom is 0.214 e. The molecule has 0 aromatic rings. The lowest BCUT2D eigenvalue weighted by molar-refractivity contribution is 0.457. The van der Waals surface area contributed by atoms with E-state index in [-0.39, 0.29) is 5.25 Å². The van der Waals surface area contributed by atoms with Gasteiger partial charge >= 0.3 is 0 Å². The Bertz CT molecular complexity index is 300. The molecular weight excluding hydrogens is 302 g/mol. The predicted molar refractivity (Wildman–Crippen MR) is 76.0 cm³/mol. The van der Waals surface area contributed by atoms with Gasteiger partial charge in [-0.1, -0.05) is 48.5 Å². The van der Waals surface area contributed by atoms with E-state index in [0.29, 0.717) is 12.5 Å². The van der Waals surface area contributed by atoms with Crippen LogP contribution in [0.15, 0.2) is 0 Å². The SMILES string of the molecule is CCC(CCBr)CNS(=O)(=O)C1CCCCC1. The van der Waals surface area contributed by atoms with E-state index in [1.54, 1.807) is 0 Å². The molecule has 1 aliphatic rings. The molecule has 3 nitrogen and oxygen atoms in total. The predicted octanol–water partition coefficient (Wildman–Crippen LogP) is 3.05. The molecule has 0 aliphatic heterocycles. The summed E-state index contributed by atoms with van der Waals surface area (Å²) >= 11 is 3.41. The first-order valence-corrected chi connectivity index (χ1v) is 9.31. The first-order chi connectivity index (χ1) is 8.10. The van der Waals surface area contributed by atoms with E-state index in [4.69, 9.17) is 0 Å². The summed E-state index contributed by atoms with van der Waals surface area (Å²) in [7, 11) is -3.07. The van der Waals surface area contributed by atoms with E-state index in [0.717, 1.165) is 43.9 Å². The van der Waals surface area contributed by atoms with Crippen molar-refractivity contribution < 1.29 is 8.42 Å². The number of hydrogen-bond acceptors (Lipinski definition) is 2. The standard InChI is InChI=1S/C12H24BrNO2S/c1-2-11(8-9-13)10-14-17(15,16)12-6-4-3-5-7-12/h11-12,14H,2-10H2,1H3. The summed E-state index contributed by atoms with van der Waals surface area (Å²) in [4.78, 5) is 0. The van der Waals surface area contributed by atoms with Crippen molar-refractivity contribution in [1.29, 1.82) is 0 Å². The molecule has 0 spiro atoms. The van der Waals surface area contributed by atoms with Crippen LogP contribution >= 0.6 is 15.9 Å². The third kappa shape index (κ3) is 5.26. The van der Waals surface area contributed by atoms with Crippen LogP contribution in [0.3, 0.4) is 0 Å². The van der Waals surface area contributed by atoms with E-state index in [1.807, 2.05) is 0 Å². The smallest absolute Gasteiger partial charge is 0.214 e. The van der Waals surface area contributed by atoms with Gasteiger partial charge < -0.3 is 0 Å². The molecule has 1 N–H and O–H groups in total. The Hall–Kier alpha value is 0.390. The molecular formula is C12H24BrNO2S. The van der Waals surface area contributed by atoms with Gasteiger partial charge in [0, 0.05) is 11.9 Å². The molecule has 0 radical (unpaired) electrons. The maximum atomic E-state index is 12.1. The van der Waals surface area contributed by atoms with Crippen molar-refractivity contribution >= 4 is 26.0 Å². The van der Waals surface area contributed by atoms with Gasteiger partial charge in [-0.05, 0) is 25.2 Å². The number of halogens is 1. The highest BCUT2D eigenvalue weighted by Gasteiger charge is 2.27. The van der Waals surface area contributed by atoms with E-state index < -0.39 is 10.0 Å². The lowest BCUT2D eigenvalue weighted by atomic mass is 10.0. The van der Waals surface area contributed by atoms with Gasteiger partial charge in [0.25, 0.3) is 0 Å². The lowest BCUT2D eigenvalue weighted by Crippen LogP contribution is -2.38. The monoisotopic (exact) mass is 325 g/mol. The van der Waals surface area contributed by atoms with Crippen LogP contribution in [0.25, 0.3) is 0 Å². The Balaban J connectivity index is 2.42. The van der Waals surface area contributed by atoms with Gasteiger partial charge in [-0.25, -0.2) is 13.1 Å². The second-order valence-electron chi connectivity index (χ2n) is 4.91. The van der Waals surface area contributed by atoms with Gasteiger partial charge in [0.15, 0.2) is 0 Å². The molecule has 17 heavy (non-hydrogen) atoms. The van der Waals surface area contributed by atoms with Crippen molar-refractivity contribution in [3.63, 3.8) is 0 Å². The van der Waals surface area contributed by atoms with Crippen LogP contribution in [0.5, 0.6) is 0 Å². The molecule has 0 amide bonds. The number of alkyl halides is 1. The molecule has 1 rings (SSSR count). The Morgan fingerprint density at radius 3 is 2.47 bits per heavy atom. The molecule has 1 fully saturated rings. The van der Waals surface area contributed by atoms with E-state index in [1.165, 1.54) is 6.42 Å². The summed E-state index contributed by atoms with van der Waals surface area (Å²) in [5.41, 5.74) is 0. The molecule has 102 valence electrons. The van der Waals surface area contributed by atoms with Crippen molar-refractivity contribution in [3.8, 4) is 0 Å². The first kappa shape index (κ1) is 15.4. The molecule has 1 aliphatic carbocycles. The van der Waals surface area contributed by atoms with E-state index in [2.05, 4.69) is 27.6 Å². The van der Waals surface area contributed by atoms with Crippen molar-refractivity contribution in [3.05, 3.63) is 0 Å². The van der Waals surface area contributed by atoms with Gasteiger partial charge in [0.05, 0.1) is 5.25 Å². The van der Waals surface area contributed by atoms with Gasteiger partial charge in [-0.2, -0.15) is 0 Å². The van der Waals surface area contributed by atoms with Crippen molar-refractivity contribution in [2.75, 3.05) is 11.9 Å². The second kappa shape index (κ2) is 7.74. The van der Waals surface area contributed by atoms with Gasteiger partial charge in [0.2, 0.25) is 10.0 Å². The summed E-state index contributed by atoms with van der Waals surface area (Å²) in [6, 6.07) is 0. The molecule has 0 aromatic carbocycles. The molecule has 5 heteroatoms. The minimum Gasteiger partial charge on any atom is -0.215 e. The van der Waals surface area contributed by atoms with Gasteiger partial charge in [-0.3, -0.25) is 0 Å². The average Bonchev–Trinajstić information content (AvgIpc) is 2.35. The number of hydrogen-bond donors (Lipinski definition) is 1. The highest BCUT2D eigenvalue weighted by molar-refractivity contribution is 9.09. The molecule has 1 atom stereocenters. The zero-order chi connectivity index (χ0) is 12.7. The number of sulfonamides is 1. The van der Waals surface area contributed by atoms with Crippen LogP contribution in [-0.4, -0.2) is 25.5 Å². The van der Waals surface area contributed by atoms with Crippen LogP contribution in [0.4, 0.5) is 0 Å². The van der Waals surface area contributed by atoms with Crippen LogP contribution in [0.2, 0.25) is 0 Å². The zero-order valence-electron chi connectivity index (χ0n) is 10.6. The van der Waals surface area contributed by atoms with Gasteiger partial charge in [-0.15, -0.1) is 0 Å². The Labute approximate surface area is 114 Å². The van der Waals surface area contributed by atoms with Crippen molar-refractivity contribution in [2.45, 2.75) is 57.1 Å². The molecule has 0 bridgehead atoms. The van der Waals surface area contributed by atoms with E-state index >= 15 is 0 Å². The fourth-order valence-electron chi connectivity index (χ4n) is 2.33. The summed E-state index contributed by atoms with van der Waals surface area (Å²) in [6.07, 6.45) is 7.04. The Kier molecular flexibility index (Phi) is 7.04. The molecule has 0 saturated heterocycles. The average molecular weight is 326 g/mol. The van der Waals surface area contributed by atoms with Crippen LogP contribution < -0.4 is 4.72 Å². The minimum absolute atomic E-state index is 0.141.